The van der Waals surface area contributed by atoms with E-state index >= 15 is 0 Å². The quantitative estimate of drug-likeness (QED) is 0.649. The summed E-state index contributed by atoms with van der Waals surface area (Å²) in [6.07, 6.45) is 1.95. The average Bonchev–Trinajstić information content (AvgIpc) is 2.25. The lowest BCUT2D eigenvalue weighted by Crippen LogP contribution is -1.98. The van der Waals surface area contributed by atoms with Crippen molar-refractivity contribution in [2.45, 2.75) is 27.3 Å². The summed E-state index contributed by atoms with van der Waals surface area (Å²) >= 11 is 5.43. The van der Waals surface area contributed by atoms with Gasteiger partial charge < -0.3 is 4.57 Å². The molecule has 1 rings (SSSR count). The third kappa shape index (κ3) is 1.39. The van der Waals surface area contributed by atoms with E-state index in [0.29, 0.717) is 5.56 Å². The van der Waals surface area contributed by atoms with Gasteiger partial charge in [0.05, 0.1) is 5.56 Å². The Hall–Kier alpha value is -0.760. The third-order valence-corrected chi connectivity index (χ3v) is 2.26. The summed E-state index contributed by atoms with van der Waals surface area (Å²) in [5.74, 6) is 0. The van der Waals surface area contributed by atoms with E-state index < -0.39 is 0 Å². The highest BCUT2D eigenvalue weighted by molar-refractivity contribution is 6.68. The largest absolute Gasteiger partial charge is 0.351 e. The van der Waals surface area contributed by atoms with E-state index in [1.54, 1.807) is 0 Å². The van der Waals surface area contributed by atoms with E-state index in [-0.39, 0.29) is 5.24 Å². The van der Waals surface area contributed by atoms with Crippen molar-refractivity contribution in [3.63, 3.8) is 0 Å². The molecule has 66 valence electrons. The molecular weight excluding hydrogens is 174 g/mol. The Bertz CT molecular complexity index is 315. The highest BCUT2D eigenvalue weighted by Crippen LogP contribution is 2.17. The van der Waals surface area contributed by atoms with E-state index in [1.807, 2.05) is 31.5 Å². The van der Waals surface area contributed by atoms with Crippen LogP contribution < -0.4 is 0 Å². The van der Waals surface area contributed by atoms with Crippen LogP contribution >= 0.6 is 11.6 Å². The first kappa shape index (κ1) is 9.33. The summed E-state index contributed by atoms with van der Waals surface area (Å²) in [5.41, 5.74) is 2.56. The van der Waals surface area contributed by atoms with E-state index in [9.17, 15) is 4.79 Å². The molecule has 1 aromatic rings. The molecule has 0 aliphatic heterocycles. The zero-order valence-electron chi connectivity index (χ0n) is 7.52. The highest BCUT2D eigenvalue weighted by Gasteiger charge is 2.13. The minimum Gasteiger partial charge on any atom is -0.351 e. The fourth-order valence-corrected chi connectivity index (χ4v) is 1.74. The van der Waals surface area contributed by atoms with Gasteiger partial charge in [-0.1, -0.05) is 0 Å². The summed E-state index contributed by atoms with van der Waals surface area (Å²) in [6.45, 7) is 6.71. The van der Waals surface area contributed by atoms with Crippen molar-refractivity contribution in [2.24, 2.45) is 0 Å². The van der Waals surface area contributed by atoms with Crippen LogP contribution in [0.25, 0.3) is 0 Å². The van der Waals surface area contributed by atoms with Gasteiger partial charge in [0.1, 0.15) is 0 Å². The maximum atomic E-state index is 11.0. The molecule has 2 nitrogen and oxygen atoms in total. The molecule has 0 aliphatic carbocycles. The van der Waals surface area contributed by atoms with Crippen LogP contribution in [0.2, 0.25) is 0 Å². The molecule has 0 fully saturated rings. The van der Waals surface area contributed by atoms with Crippen molar-refractivity contribution >= 4 is 16.8 Å². The molecule has 0 aromatic carbocycles. The first-order chi connectivity index (χ1) is 5.57. The maximum Gasteiger partial charge on any atom is 0.254 e. The molecule has 0 atom stereocenters. The maximum absolute atomic E-state index is 11.0. The lowest BCUT2D eigenvalue weighted by Gasteiger charge is -2.00. The molecule has 0 N–H and O–H groups in total. The SMILES string of the molecule is CCn1cc(C)c(C(=O)Cl)c1C. The Morgan fingerprint density at radius 3 is 2.42 bits per heavy atom. The third-order valence-electron chi connectivity index (χ3n) is 2.07. The second kappa shape index (κ2) is 3.31. The topological polar surface area (TPSA) is 22.0 Å². The molecule has 0 amide bonds. The number of halogens is 1. The summed E-state index contributed by atoms with van der Waals surface area (Å²) in [5, 5.41) is -0.364. The number of carbonyl (C=O) groups is 1. The van der Waals surface area contributed by atoms with Gasteiger partial charge in [0.2, 0.25) is 0 Å². The monoisotopic (exact) mass is 185 g/mol. The van der Waals surface area contributed by atoms with Crippen LogP contribution in [-0.2, 0) is 6.54 Å². The fourth-order valence-electron chi connectivity index (χ4n) is 1.45. The van der Waals surface area contributed by atoms with Crippen molar-refractivity contribution in [2.75, 3.05) is 0 Å². The average molecular weight is 186 g/mol. The smallest absolute Gasteiger partial charge is 0.254 e. The number of nitrogens with zero attached hydrogens (tertiary/aromatic N) is 1. The second-order valence-corrected chi connectivity index (χ2v) is 3.18. The number of carbonyl (C=O) groups excluding carboxylic acids is 1. The Balaban J connectivity index is 3.28. The molecule has 0 saturated heterocycles. The van der Waals surface area contributed by atoms with E-state index in [4.69, 9.17) is 11.6 Å². The van der Waals surface area contributed by atoms with Gasteiger partial charge in [0.25, 0.3) is 5.24 Å². The van der Waals surface area contributed by atoms with Gasteiger partial charge in [-0.15, -0.1) is 0 Å². The lowest BCUT2D eigenvalue weighted by molar-refractivity contribution is 0.108. The summed E-state index contributed by atoms with van der Waals surface area (Å²) < 4.78 is 2.02. The Morgan fingerprint density at radius 1 is 1.58 bits per heavy atom. The zero-order valence-corrected chi connectivity index (χ0v) is 8.27. The highest BCUT2D eigenvalue weighted by atomic mass is 35.5. The number of hydrogen-bond donors (Lipinski definition) is 0. The molecule has 1 aromatic heterocycles. The lowest BCUT2D eigenvalue weighted by atomic mass is 10.2. The molecule has 0 spiro atoms. The van der Waals surface area contributed by atoms with Gasteiger partial charge in [-0.05, 0) is 37.9 Å². The standard InChI is InChI=1S/C9H12ClNO/c1-4-11-5-6(2)8(7(11)3)9(10)12/h5H,4H2,1-3H3. The molecule has 3 heteroatoms. The van der Waals surface area contributed by atoms with Gasteiger partial charge in [0.15, 0.2) is 0 Å². The zero-order chi connectivity index (χ0) is 9.30. The Labute approximate surface area is 77.1 Å². The molecule has 0 radical (unpaired) electrons. The van der Waals surface area contributed by atoms with Gasteiger partial charge in [-0.3, -0.25) is 4.79 Å². The van der Waals surface area contributed by atoms with Gasteiger partial charge in [-0.25, -0.2) is 0 Å². The fraction of sp³-hybridized carbons (Fsp3) is 0.444. The second-order valence-electron chi connectivity index (χ2n) is 2.83. The number of aryl methyl sites for hydroxylation is 2. The summed E-state index contributed by atoms with van der Waals surface area (Å²) in [4.78, 5) is 11.0. The van der Waals surface area contributed by atoms with Crippen LogP contribution in [0.4, 0.5) is 0 Å². The predicted molar refractivity (Wildman–Crippen MR) is 49.8 cm³/mol. The van der Waals surface area contributed by atoms with E-state index in [2.05, 4.69) is 0 Å². The molecular formula is C9H12ClNO. The van der Waals surface area contributed by atoms with Crippen molar-refractivity contribution in [1.29, 1.82) is 0 Å². The molecule has 0 saturated carbocycles. The first-order valence-corrected chi connectivity index (χ1v) is 4.31. The van der Waals surface area contributed by atoms with Crippen LogP contribution in [-0.4, -0.2) is 9.81 Å². The molecule has 1 heterocycles. The van der Waals surface area contributed by atoms with Crippen LogP contribution in [0.3, 0.4) is 0 Å². The van der Waals surface area contributed by atoms with Gasteiger partial charge in [-0.2, -0.15) is 0 Å². The van der Waals surface area contributed by atoms with Gasteiger partial charge >= 0.3 is 0 Å². The van der Waals surface area contributed by atoms with E-state index in [0.717, 1.165) is 17.8 Å². The summed E-state index contributed by atoms with van der Waals surface area (Å²) in [7, 11) is 0. The van der Waals surface area contributed by atoms with Crippen molar-refractivity contribution < 1.29 is 4.79 Å². The minimum atomic E-state index is -0.364. The van der Waals surface area contributed by atoms with Crippen molar-refractivity contribution in [1.82, 2.24) is 4.57 Å². The normalized spacial score (nSPS) is 10.3. The van der Waals surface area contributed by atoms with Crippen LogP contribution in [0.15, 0.2) is 6.20 Å². The summed E-state index contributed by atoms with van der Waals surface area (Å²) in [6, 6.07) is 0. The van der Waals surface area contributed by atoms with Crippen LogP contribution in [0, 0.1) is 13.8 Å². The van der Waals surface area contributed by atoms with Crippen molar-refractivity contribution in [3.8, 4) is 0 Å². The minimum absolute atomic E-state index is 0.364. The van der Waals surface area contributed by atoms with Crippen LogP contribution in [0.1, 0.15) is 28.5 Å². The van der Waals surface area contributed by atoms with Gasteiger partial charge in [0, 0.05) is 18.4 Å². The van der Waals surface area contributed by atoms with Crippen molar-refractivity contribution in [3.05, 3.63) is 23.0 Å². The Kier molecular flexibility index (Phi) is 2.58. The number of hydrogen-bond acceptors (Lipinski definition) is 1. The van der Waals surface area contributed by atoms with E-state index in [1.165, 1.54) is 0 Å². The predicted octanol–water partition coefficient (Wildman–Crippen LogP) is 2.50. The first-order valence-electron chi connectivity index (χ1n) is 3.94. The number of aromatic nitrogens is 1. The Morgan fingerprint density at radius 2 is 2.17 bits per heavy atom. The molecule has 12 heavy (non-hydrogen) atoms. The molecule has 0 bridgehead atoms. The molecule has 0 aliphatic rings. The number of rotatable bonds is 2. The van der Waals surface area contributed by atoms with Crippen LogP contribution in [0.5, 0.6) is 0 Å². The molecule has 0 unspecified atom stereocenters.